The summed E-state index contributed by atoms with van der Waals surface area (Å²) < 4.78 is 0.970. The molecule has 0 atom stereocenters. The first kappa shape index (κ1) is 15.0. The van der Waals surface area contributed by atoms with Crippen molar-refractivity contribution in [2.24, 2.45) is 5.41 Å². The Hall–Kier alpha value is -0.0600. The van der Waals surface area contributed by atoms with E-state index in [0.29, 0.717) is 12.4 Å². The van der Waals surface area contributed by atoms with E-state index in [1.54, 1.807) is 0 Å². The van der Waals surface area contributed by atoms with E-state index < -0.39 is 0 Å². The van der Waals surface area contributed by atoms with E-state index in [1.165, 1.54) is 11.3 Å². The number of thiophene rings is 1. The summed E-state index contributed by atoms with van der Waals surface area (Å²) in [4.78, 5) is 12.6. The van der Waals surface area contributed by atoms with Gasteiger partial charge in [-0.15, -0.1) is 22.9 Å². The van der Waals surface area contributed by atoms with Crippen LogP contribution in [0.3, 0.4) is 0 Å². The summed E-state index contributed by atoms with van der Waals surface area (Å²) in [6.45, 7) is 4.86. The standard InChI is InChI=1S/C12H17BrClNOS/c1-3-12(4-2,7-14)8-15-11(16)9-5-6-10(13)17-9/h5-6H,3-4,7-8H2,1-2H3,(H,15,16). The van der Waals surface area contributed by atoms with Gasteiger partial charge in [-0.25, -0.2) is 0 Å². The van der Waals surface area contributed by atoms with Crippen molar-refractivity contribution in [3.63, 3.8) is 0 Å². The summed E-state index contributed by atoms with van der Waals surface area (Å²) in [7, 11) is 0. The van der Waals surface area contributed by atoms with Gasteiger partial charge in [0.2, 0.25) is 0 Å². The molecule has 1 aromatic heterocycles. The molecule has 0 bridgehead atoms. The van der Waals surface area contributed by atoms with Crippen molar-refractivity contribution < 1.29 is 4.79 Å². The van der Waals surface area contributed by atoms with E-state index in [1.807, 2.05) is 12.1 Å². The van der Waals surface area contributed by atoms with Gasteiger partial charge in [-0.1, -0.05) is 13.8 Å². The van der Waals surface area contributed by atoms with Crippen molar-refractivity contribution in [1.82, 2.24) is 5.32 Å². The fourth-order valence-corrected chi connectivity index (χ4v) is 3.30. The van der Waals surface area contributed by atoms with Crippen molar-refractivity contribution in [2.45, 2.75) is 26.7 Å². The van der Waals surface area contributed by atoms with E-state index in [0.717, 1.165) is 21.5 Å². The van der Waals surface area contributed by atoms with Crippen molar-refractivity contribution in [3.05, 3.63) is 20.8 Å². The van der Waals surface area contributed by atoms with Crippen molar-refractivity contribution in [2.75, 3.05) is 12.4 Å². The molecule has 0 radical (unpaired) electrons. The first-order valence-corrected chi connectivity index (χ1v) is 7.81. The molecule has 0 spiro atoms. The van der Waals surface area contributed by atoms with Crippen LogP contribution >= 0.6 is 38.9 Å². The van der Waals surface area contributed by atoms with Gasteiger partial charge in [-0.3, -0.25) is 4.79 Å². The van der Waals surface area contributed by atoms with Gasteiger partial charge < -0.3 is 5.32 Å². The van der Waals surface area contributed by atoms with Crippen LogP contribution in [0.15, 0.2) is 15.9 Å². The molecule has 0 aromatic carbocycles. The molecule has 1 rings (SSSR count). The smallest absolute Gasteiger partial charge is 0.261 e. The minimum Gasteiger partial charge on any atom is -0.351 e. The Kier molecular flexibility index (Phi) is 5.97. The second kappa shape index (κ2) is 6.76. The highest BCUT2D eigenvalue weighted by Crippen LogP contribution is 2.27. The molecule has 0 aliphatic heterocycles. The molecule has 0 unspecified atom stereocenters. The lowest BCUT2D eigenvalue weighted by molar-refractivity contribution is 0.0936. The predicted octanol–water partition coefficient (Wildman–Crippen LogP) is 4.29. The van der Waals surface area contributed by atoms with Gasteiger partial charge in [0.25, 0.3) is 5.91 Å². The van der Waals surface area contributed by atoms with Crippen LogP contribution in [0.5, 0.6) is 0 Å². The van der Waals surface area contributed by atoms with Gasteiger partial charge in [0, 0.05) is 17.8 Å². The summed E-state index contributed by atoms with van der Waals surface area (Å²) in [5.41, 5.74) is 0.0196. The van der Waals surface area contributed by atoms with Crippen LogP contribution in [-0.4, -0.2) is 18.3 Å². The maximum absolute atomic E-state index is 11.9. The van der Waals surface area contributed by atoms with Crippen molar-refractivity contribution in [3.8, 4) is 0 Å². The quantitative estimate of drug-likeness (QED) is 0.770. The Morgan fingerprint density at radius 2 is 2.12 bits per heavy atom. The van der Waals surface area contributed by atoms with Gasteiger partial charge in [-0.2, -0.15) is 0 Å². The summed E-state index contributed by atoms with van der Waals surface area (Å²) >= 11 is 10.8. The van der Waals surface area contributed by atoms with Gasteiger partial charge in [0.15, 0.2) is 0 Å². The molecule has 17 heavy (non-hydrogen) atoms. The zero-order chi connectivity index (χ0) is 12.9. The third-order valence-corrected chi connectivity index (χ3v) is 5.39. The molecule has 2 nitrogen and oxygen atoms in total. The zero-order valence-corrected chi connectivity index (χ0v) is 13.2. The van der Waals surface area contributed by atoms with Crippen LogP contribution < -0.4 is 5.32 Å². The Bertz CT molecular complexity index is 368. The Morgan fingerprint density at radius 3 is 2.53 bits per heavy atom. The largest absolute Gasteiger partial charge is 0.351 e. The number of hydrogen-bond acceptors (Lipinski definition) is 2. The molecule has 5 heteroatoms. The van der Waals surface area contributed by atoms with Crippen LogP contribution in [0, 0.1) is 5.41 Å². The average Bonchev–Trinajstić information content (AvgIpc) is 2.78. The van der Waals surface area contributed by atoms with Crippen LogP contribution in [0.25, 0.3) is 0 Å². The number of halogens is 2. The van der Waals surface area contributed by atoms with Gasteiger partial charge in [0.1, 0.15) is 0 Å². The molecule has 1 amide bonds. The van der Waals surface area contributed by atoms with E-state index in [2.05, 4.69) is 35.1 Å². The zero-order valence-electron chi connectivity index (χ0n) is 10.1. The number of nitrogens with one attached hydrogen (secondary N) is 1. The maximum atomic E-state index is 11.9. The summed E-state index contributed by atoms with van der Waals surface area (Å²) in [6.07, 6.45) is 1.95. The Labute approximate surface area is 120 Å². The topological polar surface area (TPSA) is 29.1 Å². The van der Waals surface area contributed by atoms with E-state index >= 15 is 0 Å². The Balaban J connectivity index is 2.58. The molecule has 1 N–H and O–H groups in total. The lowest BCUT2D eigenvalue weighted by atomic mass is 9.84. The second-order valence-electron chi connectivity index (χ2n) is 4.13. The molecule has 0 saturated heterocycles. The fraction of sp³-hybridized carbons (Fsp3) is 0.583. The normalized spacial score (nSPS) is 11.5. The molecule has 0 aliphatic rings. The lowest BCUT2D eigenvalue weighted by Crippen LogP contribution is -2.38. The highest BCUT2D eigenvalue weighted by Gasteiger charge is 2.25. The SMILES string of the molecule is CCC(CC)(CCl)CNC(=O)c1ccc(Br)s1. The number of carbonyl (C=O) groups is 1. The molecule has 0 aliphatic carbocycles. The number of amides is 1. The molecule has 0 saturated carbocycles. The van der Waals surface area contributed by atoms with Crippen LogP contribution in [-0.2, 0) is 0 Å². The van der Waals surface area contributed by atoms with Gasteiger partial charge in [0.05, 0.1) is 8.66 Å². The number of rotatable bonds is 6. The Morgan fingerprint density at radius 1 is 1.47 bits per heavy atom. The maximum Gasteiger partial charge on any atom is 0.261 e. The van der Waals surface area contributed by atoms with E-state index in [4.69, 9.17) is 11.6 Å². The number of alkyl halides is 1. The average molecular weight is 339 g/mol. The van der Waals surface area contributed by atoms with Gasteiger partial charge in [-0.05, 0) is 40.9 Å². The fourth-order valence-electron chi connectivity index (χ4n) is 1.53. The minimum atomic E-state index is -0.0166. The van der Waals surface area contributed by atoms with Crippen LogP contribution in [0.1, 0.15) is 36.4 Å². The molecule has 0 fully saturated rings. The third-order valence-electron chi connectivity index (χ3n) is 3.20. The predicted molar refractivity (Wildman–Crippen MR) is 78.1 cm³/mol. The van der Waals surface area contributed by atoms with Gasteiger partial charge >= 0.3 is 0 Å². The van der Waals surface area contributed by atoms with Crippen LogP contribution in [0.2, 0.25) is 0 Å². The van der Waals surface area contributed by atoms with Crippen LogP contribution in [0.4, 0.5) is 0 Å². The highest BCUT2D eigenvalue weighted by molar-refractivity contribution is 9.11. The summed E-state index contributed by atoms with van der Waals surface area (Å²) in [5.74, 6) is 0.561. The summed E-state index contributed by atoms with van der Waals surface area (Å²) in [5, 5.41) is 2.97. The first-order chi connectivity index (χ1) is 8.06. The minimum absolute atomic E-state index is 0.0166. The molecule has 1 heterocycles. The molecular formula is C12H17BrClNOS. The van der Waals surface area contributed by atoms with Crippen molar-refractivity contribution in [1.29, 1.82) is 0 Å². The lowest BCUT2D eigenvalue weighted by Gasteiger charge is -2.29. The van der Waals surface area contributed by atoms with E-state index in [9.17, 15) is 4.79 Å². The molecule has 1 aromatic rings. The number of hydrogen-bond donors (Lipinski definition) is 1. The highest BCUT2D eigenvalue weighted by atomic mass is 79.9. The number of carbonyl (C=O) groups excluding carboxylic acids is 1. The molecular weight excluding hydrogens is 322 g/mol. The molecule has 96 valence electrons. The monoisotopic (exact) mass is 337 g/mol. The summed E-state index contributed by atoms with van der Waals surface area (Å²) in [6, 6.07) is 3.71. The third kappa shape index (κ3) is 3.97. The first-order valence-electron chi connectivity index (χ1n) is 5.66. The van der Waals surface area contributed by atoms with Crippen molar-refractivity contribution >= 4 is 44.8 Å². The second-order valence-corrected chi connectivity index (χ2v) is 6.86. The van der Waals surface area contributed by atoms with E-state index in [-0.39, 0.29) is 11.3 Å².